The van der Waals surface area contributed by atoms with E-state index in [9.17, 15) is 0 Å². The summed E-state index contributed by atoms with van der Waals surface area (Å²) in [5, 5.41) is 17.3. The van der Waals surface area contributed by atoms with Gasteiger partial charge in [0.1, 0.15) is 0 Å². The number of rotatable bonds is 8. The molecule has 0 fully saturated rings. The number of pyridine rings is 1. The number of nitrogens with zero attached hydrogens (tertiary/aromatic N) is 7. The molecule has 0 aliphatic rings. The molecule has 7 heteroatoms. The molecule has 6 aromatic heterocycles. The van der Waals surface area contributed by atoms with Gasteiger partial charge < -0.3 is 13.7 Å². The van der Waals surface area contributed by atoms with E-state index in [-0.39, 0.29) is 0 Å². The summed E-state index contributed by atoms with van der Waals surface area (Å²) in [6.45, 7) is 0. The lowest BCUT2D eigenvalue weighted by atomic mass is 9.94. The number of para-hydroxylation sites is 5. The summed E-state index contributed by atoms with van der Waals surface area (Å²) in [5.74, 6) is 0.669. The van der Waals surface area contributed by atoms with Crippen molar-refractivity contribution in [2.45, 2.75) is 0 Å². The van der Waals surface area contributed by atoms with Crippen LogP contribution in [0.15, 0.2) is 346 Å². The molecule has 6 heterocycles. The second kappa shape index (κ2) is 22.0. The van der Waals surface area contributed by atoms with Gasteiger partial charge in [0, 0.05) is 77.0 Å². The van der Waals surface area contributed by atoms with Crippen molar-refractivity contribution in [2.24, 2.45) is 0 Å². The molecule has 0 aliphatic heterocycles. The summed E-state index contributed by atoms with van der Waals surface area (Å²) in [7, 11) is 0. The molecule has 0 unspecified atom stereocenters. The highest BCUT2D eigenvalue weighted by molar-refractivity contribution is 6.28. The maximum absolute atomic E-state index is 5.26. The van der Waals surface area contributed by atoms with Crippen molar-refractivity contribution < 1.29 is 0 Å². The Kier molecular flexibility index (Phi) is 12.3. The van der Waals surface area contributed by atoms with Gasteiger partial charge in [-0.3, -0.25) is 9.55 Å². The highest BCUT2D eigenvalue weighted by Gasteiger charge is 2.25. The first kappa shape index (κ1) is 55.8. The van der Waals surface area contributed by atoms with Gasteiger partial charge in [0.05, 0.1) is 66.5 Å². The summed E-state index contributed by atoms with van der Waals surface area (Å²) in [6, 6.07) is 122. The minimum Gasteiger partial charge on any atom is -0.309 e. The van der Waals surface area contributed by atoms with Crippen LogP contribution in [0.25, 0.3) is 198 Å². The van der Waals surface area contributed by atoms with E-state index in [1.54, 1.807) is 0 Å². The average molecular weight is 1270 g/mol. The molecular weight excluding hydrogens is 1220 g/mol. The Labute approximate surface area is 573 Å². The molecule has 7 nitrogen and oxygen atoms in total. The zero-order valence-corrected chi connectivity index (χ0v) is 54.0. The molecule has 22 rings (SSSR count). The van der Waals surface area contributed by atoms with E-state index >= 15 is 0 Å². The summed E-state index contributed by atoms with van der Waals surface area (Å²) in [5.41, 5.74) is 24.0. The van der Waals surface area contributed by atoms with Crippen LogP contribution in [0.5, 0.6) is 0 Å². The summed E-state index contributed by atoms with van der Waals surface area (Å²) in [6.07, 6.45) is 1.90. The summed E-state index contributed by atoms with van der Waals surface area (Å²) in [4.78, 5) is 15.4. The van der Waals surface area contributed by atoms with Gasteiger partial charge in [-0.05, 0) is 158 Å². The zero-order valence-electron chi connectivity index (χ0n) is 54.0. The van der Waals surface area contributed by atoms with Gasteiger partial charge >= 0.3 is 0 Å². The molecule has 0 N–H and O–H groups in total. The van der Waals surface area contributed by atoms with E-state index in [1.165, 1.54) is 142 Å². The molecule has 0 amide bonds. The molecule has 0 saturated carbocycles. The predicted octanol–water partition coefficient (Wildman–Crippen LogP) is 24.1. The molecule has 0 saturated heterocycles. The SMILES string of the molecule is c1ccc(-c2ccc(-n3c4ccccc4c4cc(-c5ccc6c7c5ccc5cccc(c57)n6-c5ccccc5)ccc43)c3ncccc23)cc1.c1ccc(-c2nc(-n3c4ccccc4c4cc(-c5ccc6c7c5ccc5cccc(c57)n6-c5ccccc5)ccc43)nc3ccccc23)cc1. The van der Waals surface area contributed by atoms with Gasteiger partial charge in [0.2, 0.25) is 5.95 Å². The lowest BCUT2D eigenvalue weighted by Gasteiger charge is -2.14. The third-order valence-electron chi connectivity index (χ3n) is 20.8. The Morgan fingerprint density at radius 1 is 0.230 bits per heavy atom. The largest absolute Gasteiger partial charge is 0.309 e. The van der Waals surface area contributed by atoms with Crippen molar-refractivity contribution >= 4 is 131 Å². The molecule has 16 aromatic carbocycles. The number of fused-ring (bicyclic) bond motifs is 8. The lowest BCUT2D eigenvalue weighted by molar-refractivity contribution is 1.01. The van der Waals surface area contributed by atoms with E-state index in [0.29, 0.717) is 5.95 Å². The van der Waals surface area contributed by atoms with E-state index in [2.05, 4.69) is 340 Å². The Morgan fingerprint density at radius 2 is 0.670 bits per heavy atom. The predicted molar refractivity (Wildman–Crippen MR) is 418 cm³/mol. The van der Waals surface area contributed by atoms with Crippen molar-refractivity contribution in [3.8, 4) is 67.6 Å². The third kappa shape index (κ3) is 8.36. The van der Waals surface area contributed by atoms with Crippen molar-refractivity contribution in [3.63, 3.8) is 0 Å². The van der Waals surface area contributed by atoms with Crippen LogP contribution < -0.4 is 0 Å². The fraction of sp³-hybridized carbons (Fsp3) is 0. The second-order valence-corrected chi connectivity index (χ2v) is 26.2. The molecular formula is C93H57N7. The van der Waals surface area contributed by atoms with Crippen LogP contribution >= 0.6 is 0 Å². The van der Waals surface area contributed by atoms with E-state index < -0.39 is 0 Å². The van der Waals surface area contributed by atoms with Crippen LogP contribution in [0.2, 0.25) is 0 Å². The van der Waals surface area contributed by atoms with Crippen molar-refractivity contribution in [1.82, 2.24) is 33.2 Å². The standard InChI is InChI=1S/C47H29N3.C46H28N4/c1-3-11-30(12-4-1)34-24-27-44(47-38(34)17-10-28-48-47)50-40-18-8-7-16-36(40)39-29-32(21-25-41(39)50)35-23-26-43-46-37(35)22-20-31-13-9-19-42(45(31)46)49(43)33-14-5-2-6-15-33;1-3-12-30(13-4-1)45-36-18-7-9-19-38(36)47-46(48-45)50-39-20-10-8-17-34(39)37-28-31(23-26-40(37)50)33-25-27-42-44-35(33)24-22-29-14-11-21-41(43(29)44)49(42)32-15-5-2-6-16-32/h1-29H;1-28H. The number of hydrogen-bond acceptors (Lipinski definition) is 3. The molecule has 0 spiro atoms. The molecule has 100 heavy (non-hydrogen) atoms. The Balaban J connectivity index is 0.000000131. The average Bonchev–Trinajstić information content (AvgIpc) is 1.56. The highest BCUT2D eigenvalue weighted by Crippen LogP contribution is 2.47. The first-order valence-corrected chi connectivity index (χ1v) is 34.2. The molecule has 0 bridgehead atoms. The van der Waals surface area contributed by atoms with Crippen LogP contribution in [0.4, 0.5) is 0 Å². The minimum atomic E-state index is 0.669. The monoisotopic (exact) mass is 1270 g/mol. The highest BCUT2D eigenvalue weighted by atomic mass is 15.2. The van der Waals surface area contributed by atoms with Crippen LogP contribution in [0, 0.1) is 0 Å². The number of aromatic nitrogens is 7. The van der Waals surface area contributed by atoms with E-state index in [4.69, 9.17) is 15.0 Å². The first-order chi connectivity index (χ1) is 49.6. The molecule has 0 aliphatic carbocycles. The van der Waals surface area contributed by atoms with Gasteiger partial charge in [-0.2, -0.15) is 0 Å². The third-order valence-corrected chi connectivity index (χ3v) is 20.8. The molecule has 22 aromatic rings. The van der Waals surface area contributed by atoms with Crippen LogP contribution in [0.1, 0.15) is 0 Å². The smallest absolute Gasteiger partial charge is 0.235 e. The van der Waals surface area contributed by atoms with Crippen LogP contribution in [-0.4, -0.2) is 33.2 Å². The van der Waals surface area contributed by atoms with Crippen molar-refractivity contribution in [2.75, 3.05) is 0 Å². The van der Waals surface area contributed by atoms with Gasteiger partial charge in [-0.25, -0.2) is 9.97 Å². The second-order valence-electron chi connectivity index (χ2n) is 26.2. The fourth-order valence-electron chi connectivity index (χ4n) is 16.5. The number of benzene rings is 16. The van der Waals surface area contributed by atoms with E-state index in [1.807, 2.05) is 24.4 Å². The lowest BCUT2D eigenvalue weighted by Crippen LogP contribution is -2.03. The first-order valence-electron chi connectivity index (χ1n) is 34.2. The van der Waals surface area contributed by atoms with Gasteiger partial charge in [0.25, 0.3) is 0 Å². The Hall–Kier alpha value is -13.5. The fourth-order valence-corrected chi connectivity index (χ4v) is 16.5. The summed E-state index contributed by atoms with van der Waals surface area (Å²) >= 11 is 0. The van der Waals surface area contributed by atoms with E-state index in [0.717, 1.165) is 49.8 Å². The van der Waals surface area contributed by atoms with Crippen molar-refractivity contribution in [1.29, 1.82) is 0 Å². The molecule has 0 atom stereocenters. The Morgan fingerprint density at radius 3 is 1.26 bits per heavy atom. The quantitative estimate of drug-likeness (QED) is 0.142. The molecule has 0 radical (unpaired) electrons. The maximum Gasteiger partial charge on any atom is 0.235 e. The topological polar surface area (TPSA) is 58.4 Å². The molecule has 464 valence electrons. The number of hydrogen-bond donors (Lipinski definition) is 0. The van der Waals surface area contributed by atoms with Crippen LogP contribution in [-0.2, 0) is 0 Å². The van der Waals surface area contributed by atoms with Gasteiger partial charge in [-0.1, -0.05) is 237 Å². The minimum absolute atomic E-state index is 0.669. The van der Waals surface area contributed by atoms with Crippen LogP contribution in [0.3, 0.4) is 0 Å². The normalized spacial score (nSPS) is 12.0. The van der Waals surface area contributed by atoms with Gasteiger partial charge in [0.15, 0.2) is 0 Å². The Bertz CT molecular complexity index is 7000. The van der Waals surface area contributed by atoms with Crippen molar-refractivity contribution in [3.05, 3.63) is 346 Å². The zero-order chi connectivity index (χ0) is 65.5. The maximum atomic E-state index is 5.26. The van der Waals surface area contributed by atoms with Gasteiger partial charge in [-0.15, -0.1) is 0 Å². The summed E-state index contributed by atoms with van der Waals surface area (Å²) < 4.78 is 9.43.